The molecule has 0 aromatic carbocycles. The number of hydrogen-bond acceptors (Lipinski definition) is 3. The number of nitrogens with zero attached hydrogens (tertiary/aromatic N) is 1. The molecule has 3 N–H and O–H groups in total. The molecule has 1 rings (SSSR count). The highest BCUT2D eigenvalue weighted by Gasteiger charge is 2.36. The highest BCUT2D eigenvalue weighted by Crippen LogP contribution is 2.33. The first kappa shape index (κ1) is 11.9. The van der Waals surface area contributed by atoms with E-state index in [4.69, 9.17) is 5.73 Å². The van der Waals surface area contributed by atoms with Crippen molar-refractivity contribution < 1.29 is 18.3 Å². The van der Waals surface area contributed by atoms with Gasteiger partial charge in [-0.15, -0.1) is 0 Å². The maximum atomic E-state index is 12.4. The van der Waals surface area contributed by atoms with E-state index in [1.165, 1.54) is 12.1 Å². The number of nitrogens with two attached hydrogens (primary N) is 1. The second-order valence-electron chi connectivity index (χ2n) is 3.03. The quantitative estimate of drug-likeness (QED) is 0.811. The second kappa shape index (κ2) is 4.59. The standard InChI is InChI=1S/C9H11F3N2O/c10-9(11,12)8-6(2-1-5-14-8)7(15)3-4-13/h1-2,5,7,15H,3-4,13H2. The van der Waals surface area contributed by atoms with Gasteiger partial charge in [-0.25, -0.2) is 0 Å². The van der Waals surface area contributed by atoms with E-state index < -0.39 is 18.0 Å². The molecule has 6 heteroatoms. The lowest BCUT2D eigenvalue weighted by Crippen LogP contribution is -2.16. The summed E-state index contributed by atoms with van der Waals surface area (Å²) in [5.41, 5.74) is 3.89. The number of hydrogen-bond donors (Lipinski definition) is 2. The van der Waals surface area contributed by atoms with Crippen molar-refractivity contribution in [1.82, 2.24) is 4.98 Å². The number of rotatable bonds is 3. The van der Waals surface area contributed by atoms with Crippen LogP contribution in [0.2, 0.25) is 0 Å². The lowest BCUT2D eigenvalue weighted by molar-refractivity contribution is -0.142. The van der Waals surface area contributed by atoms with Gasteiger partial charge in [0.2, 0.25) is 0 Å². The second-order valence-corrected chi connectivity index (χ2v) is 3.03. The molecule has 1 atom stereocenters. The number of aromatic nitrogens is 1. The predicted molar refractivity (Wildman–Crippen MR) is 47.9 cm³/mol. The van der Waals surface area contributed by atoms with Crippen LogP contribution >= 0.6 is 0 Å². The Kier molecular flexibility index (Phi) is 3.65. The van der Waals surface area contributed by atoms with E-state index in [-0.39, 0.29) is 18.5 Å². The fraction of sp³-hybridized carbons (Fsp3) is 0.444. The minimum atomic E-state index is -4.55. The molecule has 0 spiro atoms. The van der Waals surface area contributed by atoms with E-state index >= 15 is 0 Å². The summed E-state index contributed by atoms with van der Waals surface area (Å²) in [7, 11) is 0. The van der Waals surface area contributed by atoms with Gasteiger partial charge in [-0.2, -0.15) is 13.2 Å². The Morgan fingerprint density at radius 1 is 1.47 bits per heavy atom. The Morgan fingerprint density at radius 2 is 2.13 bits per heavy atom. The highest BCUT2D eigenvalue weighted by molar-refractivity contribution is 5.24. The molecule has 0 aliphatic carbocycles. The van der Waals surface area contributed by atoms with Crippen molar-refractivity contribution in [3.63, 3.8) is 0 Å². The van der Waals surface area contributed by atoms with Crippen molar-refractivity contribution in [1.29, 1.82) is 0 Å². The van der Waals surface area contributed by atoms with Crippen LogP contribution < -0.4 is 5.73 Å². The molecule has 3 nitrogen and oxygen atoms in total. The number of aliphatic hydroxyl groups excluding tert-OH is 1. The number of alkyl halides is 3. The van der Waals surface area contributed by atoms with Crippen LogP contribution in [0.1, 0.15) is 23.8 Å². The van der Waals surface area contributed by atoms with Crippen LogP contribution in [0.15, 0.2) is 18.3 Å². The van der Waals surface area contributed by atoms with Gasteiger partial charge in [-0.1, -0.05) is 6.07 Å². The maximum Gasteiger partial charge on any atom is 0.433 e. The largest absolute Gasteiger partial charge is 0.433 e. The van der Waals surface area contributed by atoms with Gasteiger partial charge in [0.25, 0.3) is 0 Å². The number of pyridine rings is 1. The molecule has 0 amide bonds. The Bertz CT molecular complexity index is 327. The minimum absolute atomic E-state index is 0.0781. The van der Waals surface area contributed by atoms with Crippen LogP contribution in [0.3, 0.4) is 0 Å². The van der Waals surface area contributed by atoms with Gasteiger partial charge in [0.05, 0.1) is 6.10 Å². The molecule has 0 aliphatic rings. The fourth-order valence-electron chi connectivity index (χ4n) is 1.24. The zero-order valence-corrected chi connectivity index (χ0v) is 7.83. The van der Waals surface area contributed by atoms with Crippen LogP contribution in [0.5, 0.6) is 0 Å². The molecule has 84 valence electrons. The number of halogens is 3. The molecule has 0 saturated heterocycles. The molecule has 0 bridgehead atoms. The molecule has 0 fully saturated rings. The Balaban J connectivity index is 3.06. The smallest absolute Gasteiger partial charge is 0.388 e. The summed E-state index contributed by atoms with van der Waals surface area (Å²) >= 11 is 0. The van der Waals surface area contributed by atoms with Gasteiger partial charge < -0.3 is 10.8 Å². The van der Waals surface area contributed by atoms with Crippen LogP contribution in [-0.4, -0.2) is 16.6 Å². The van der Waals surface area contributed by atoms with Crippen molar-refractivity contribution >= 4 is 0 Å². The van der Waals surface area contributed by atoms with Crippen LogP contribution in [0, 0.1) is 0 Å². The van der Waals surface area contributed by atoms with Crippen molar-refractivity contribution in [2.45, 2.75) is 18.7 Å². The summed E-state index contributed by atoms with van der Waals surface area (Å²) < 4.78 is 37.3. The topological polar surface area (TPSA) is 59.1 Å². The predicted octanol–water partition coefficient (Wildman–Crippen LogP) is 1.48. The first-order valence-corrected chi connectivity index (χ1v) is 4.37. The third-order valence-electron chi connectivity index (χ3n) is 1.91. The van der Waals surface area contributed by atoms with E-state index in [9.17, 15) is 18.3 Å². The van der Waals surface area contributed by atoms with Gasteiger partial charge in [-0.3, -0.25) is 4.98 Å². The van der Waals surface area contributed by atoms with Crippen molar-refractivity contribution in [2.24, 2.45) is 5.73 Å². The average Bonchev–Trinajstić information content (AvgIpc) is 2.17. The van der Waals surface area contributed by atoms with Crippen LogP contribution in [-0.2, 0) is 6.18 Å². The molecule has 1 heterocycles. The average molecular weight is 220 g/mol. The van der Waals surface area contributed by atoms with Crippen LogP contribution in [0.4, 0.5) is 13.2 Å². The summed E-state index contributed by atoms with van der Waals surface area (Å²) in [4.78, 5) is 3.23. The zero-order chi connectivity index (χ0) is 11.5. The Hall–Kier alpha value is -1.14. The highest BCUT2D eigenvalue weighted by atomic mass is 19.4. The SMILES string of the molecule is NCCC(O)c1cccnc1C(F)(F)F. The van der Waals surface area contributed by atoms with Crippen molar-refractivity contribution in [3.05, 3.63) is 29.6 Å². The fourth-order valence-corrected chi connectivity index (χ4v) is 1.24. The van der Waals surface area contributed by atoms with Gasteiger partial charge in [0, 0.05) is 11.8 Å². The van der Waals surface area contributed by atoms with E-state index in [0.29, 0.717) is 0 Å². The summed E-state index contributed by atoms with van der Waals surface area (Å²) in [6.45, 7) is 0.118. The van der Waals surface area contributed by atoms with E-state index in [1.54, 1.807) is 0 Å². The van der Waals surface area contributed by atoms with Gasteiger partial charge in [0.1, 0.15) is 5.69 Å². The minimum Gasteiger partial charge on any atom is -0.388 e. The molecule has 1 aromatic heterocycles. The molecule has 15 heavy (non-hydrogen) atoms. The van der Waals surface area contributed by atoms with Gasteiger partial charge >= 0.3 is 6.18 Å². The summed E-state index contributed by atoms with van der Waals surface area (Å²) in [6.07, 6.45) is -4.65. The third kappa shape index (κ3) is 2.90. The lowest BCUT2D eigenvalue weighted by Gasteiger charge is -2.15. The summed E-state index contributed by atoms with van der Waals surface area (Å²) in [5, 5.41) is 9.44. The van der Waals surface area contributed by atoms with E-state index in [0.717, 1.165) is 6.20 Å². The van der Waals surface area contributed by atoms with Crippen molar-refractivity contribution in [2.75, 3.05) is 6.54 Å². The molecule has 0 radical (unpaired) electrons. The van der Waals surface area contributed by atoms with E-state index in [2.05, 4.69) is 4.98 Å². The number of aliphatic hydroxyl groups is 1. The van der Waals surface area contributed by atoms with E-state index in [1.807, 2.05) is 0 Å². The first-order valence-electron chi connectivity index (χ1n) is 4.37. The normalized spacial score (nSPS) is 13.9. The molecule has 0 aliphatic heterocycles. The molecule has 1 unspecified atom stereocenters. The summed E-state index contributed by atoms with van der Waals surface area (Å²) in [6, 6.07) is 2.56. The maximum absolute atomic E-state index is 12.4. The Morgan fingerprint density at radius 3 is 2.67 bits per heavy atom. The molecular weight excluding hydrogens is 209 g/mol. The molecule has 1 aromatic rings. The zero-order valence-electron chi connectivity index (χ0n) is 7.83. The first-order chi connectivity index (χ1) is 6.96. The van der Waals surface area contributed by atoms with Crippen LogP contribution in [0.25, 0.3) is 0 Å². The monoisotopic (exact) mass is 220 g/mol. The van der Waals surface area contributed by atoms with Gasteiger partial charge in [-0.05, 0) is 19.0 Å². The Labute approximate surface area is 84.7 Å². The molecule has 0 saturated carbocycles. The summed E-state index contributed by atoms with van der Waals surface area (Å²) in [5.74, 6) is 0. The van der Waals surface area contributed by atoms with Gasteiger partial charge in [0.15, 0.2) is 0 Å². The van der Waals surface area contributed by atoms with Crippen molar-refractivity contribution in [3.8, 4) is 0 Å². The lowest BCUT2D eigenvalue weighted by atomic mass is 10.0. The third-order valence-corrected chi connectivity index (χ3v) is 1.91. The molecular formula is C9H11F3N2O.